The predicted octanol–water partition coefficient (Wildman–Crippen LogP) is 2.28. The van der Waals surface area contributed by atoms with Crippen molar-refractivity contribution in [3.8, 4) is 0 Å². The summed E-state index contributed by atoms with van der Waals surface area (Å²) in [6.45, 7) is 6.97. The summed E-state index contributed by atoms with van der Waals surface area (Å²) in [5, 5.41) is 8.91. The maximum atomic E-state index is 12.3. The summed E-state index contributed by atoms with van der Waals surface area (Å²) in [7, 11) is 0. The van der Waals surface area contributed by atoms with Gasteiger partial charge in [0.25, 0.3) is 0 Å². The van der Waals surface area contributed by atoms with Gasteiger partial charge in [0.05, 0.1) is 6.04 Å². The summed E-state index contributed by atoms with van der Waals surface area (Å²) >= 11 is 0. The Kier molecular flexibility index (Phi) is 16.3. The lowest BCUT2D eigenvalue weighted by Crippen LogP contribution is -2.45. The van der Waals surface area contributed by atoms with Crippen LogP contribution in [0.4, 0.5) is 0 Å². The van der Waals surface area contributed by atoms with Crippen molar-refractivity contribution < 1.29 is 19.2 Å². The van der Waals surface area contributed by atoms with Crippen LogP contribution in [0.3, 0.4) is 0 Å². The molecule has 7 nitrogen and oxygen atoms in total. The quantitative estimate of drug-likeness (QED) is 0.308. The number of carbonyl (C=O) groups excluding carboxylic acids is 4. The predicted molar refractivity (Wildman–Crippen MR) is 111 cm³/mol. The first kappa shape index (κ1) is 26.2. The molecule has 0 heterocycles. The molecule has 0 radical (unpaired) electrons. The third kappa shape index (κ3) is 16.4. The summed E-state index contributed by atoms with van der Waals surface area (Å²) in [5.74, 6) is 0.273. The number of hydrogen-bond acceptors (Lipinski definition) is 5. The lowest BCUT2D eigenvalue weighted by atomic mass is 10.1. The third-order valence-corrected chi connectivity index (χ3v) is 4.46. The Balaban J connectivity index is 3.92. The molecule has 0 saturated carbocycles. The van der Waals surface area contributed by atoms with E-state index in [0.717, 1.165) is 38.5 Å². The van der Waals surface area contributed by atoms with Crippen LogP contribution in [0.1, 0.15) is 85.0 Å². The van der Waals surface area contributed by atoms with Crippen molar-refractivity contribution in [1.29, 1.82) is 0 Å². The van der Waals surface area contributed by atoms with Gasteiger partial charge in [-0.15, -0.1) is 0 Å². The zero-order chi connectivity index (χ0) is 21.2. The molecule has 28 heavy (non-hydrogen) atoms. The molecule has 0 aromatic carbocycles. The molecule has 0 aliphatic rings. The van der Waals surface area contributed by atoms with Gasteiger partial charge in [-0.25, -0.2) is 0 Å². The van der Waals surface area contributed by atoms with Crippen LogP contribution in [0, 0.1) is 0 Å². The Morgan fingerprint density at radius 2 is 1.25 bits per heavy atom. The maximum Gasteiger partial charge on any atom is 0.237 e. The number of ketones is 2. The van der Waals surface area contributed by atoms with Crippen LogP contribution >= 0.6 is 0 Å². The molecule has 0 fully saturated rings. The molecular weight excluding hydrogens is 358 g/mol. The zero-order valence-corrected chi connectivity index (χ0v) is 17.9. The fraction of sp³-hybridized carbons (Fsp3) is 0.810. The normalized spacial score (nSPS) is 11.7. The second-order valence-corrected chi connectivity index (χ2v) is 7.32. The molecule has 0 rings (SSSR count). The number of carbonyl (C=O) groups is 4. The fourth-order valence-corrected chi connectivity index (χ4v) is 2.85. The molecule has 0 aromatic rings. The van der Waals surface area contributed by atoms with Gasteiger partial charge < -0.3 is 25.5 Å². The molecule has 0 saturated heterocycles. The zero-order valence-electron chi connectivity index (χ0n) is 17.9. The second kappa shape index (κ2) is 17.3. The Bertz CT molecular complexity index is 480. The van der Waals surface area contributed by atoms with Crippen molar-refractivity contribution in [3.63, 3.8) is 0 Å². The first-order valence-corrected chi connectivity index (χ1v) is 10.6. The average molecular weight is 398 g/mol. The SMILES string of the molecule is CCNC(CCC(=O)NCCCCCC(C)=O)C(=O)NCCCCCC(C)=O. The van der Waals surface area contributed by atoms with E-state index in [1.807, 2.05) is 6.92 Å². The lowest BCUT2D eigenvalue weighted by molar-refractivity contribution is -0.124. The van der Waals surface area contributed by atoms with E-state index in [1.54, 1.807) is 13.8 Å². The van der Waals surface area contributed by atoms with E-state index in [9.17, 15) is 19.2 Å². The highest BCUT2D eigenvalue weighted by Crippen LogP contribution is 2.02. The summed E-state index contributed by atoms with van der Waals surface area (Å²) in [6.07, 6.45) is 7.23. The Labute approximate surface area is 169 Å². The topological polar surface area (TPSA) is 104 Å². The number of hydrogen-bond donors (Lipinski definition) is 3. The monoisotopic (exact) mass is 397 g/mol. The summed E-state index contributed by atoms with van der Waals surface area (Å²) in [4.78, 5) is 46.0. The molecule has 1 atom stereocenters. The van der Waals surface area contributed by atoms with Gasteiger partial charge in [-0.3, -0.25) is 9.59 Å². The highest BCUT2D eigenvalue weighted by Gasteiger charge is 2.18. The second-order valence-electron chi connectivity index (χ2n) is 7.32. The fourth-order valence-electron chi connectivity index (χ4n) is 2.85. The van der Waals surface area contributed by atoms with Crippen molar-refractivity contribution in [2.45, 2.75) is 91.0 Å². The largest absolute Gasteiger partial charge is 0.356 e. The molecule has 0 aliphatic carbocycles. The third-order valence-electron chi connectivity index (χ3n) is 4.46. The molecule has 0 bridgehead atoms. The molecule has 162 valence electrons. The smallest absolute Gasteiger partial charge is 0.237 e. The van der Waals surface area contributed by atoms with E-state index < -0.39 is 0 Å². The van der Waals surface area contributed by atoms with Gasteiger partial charge in [0.1, 0.15) is 11.6 Å². The van der Waals surface area contributed by atoms with E-state index in [4.69, 9.17) is 0 Å². The Morgan fingerprint density at radius 3 is 1.75 bits per heavy atom. The van der Waals surface area contributed by atoms with Crippen LogP contribution in [0.5, 0.6) is 0 Å². The van der Waals surface area contributed by atoms with E-state index in [-0.39, 0.29) is 29.4 Å². The van der Waals surface area contributed by atoms with Crippen LogP contribution in [-0.4, -0.2) is 49.1 Å². The van der Waals surface area contributed by atoms with Gasteiger partial charge >= 0.3 is 0 Å². The van der Waals surface area contributed by atoms with Crippen molar-refractivity contribution in [2.75, 3.05) is 19.6 Å². The summed E-state index contributed by atoms with van der Waals surface area (Å²) < 4.78 is 0. The van der Waals surface area contributed by atoms with Crippen LogP contribution in [0.15, 0.2) is 0 Å². The minimum absolute atomic E-state index is 0.0495. The van der Waals surface area contributed by atoms with Crippen molar-refractivity contribution in [1.82, 2.24) is 16.0 Å². The van der Waals surface area contributed by atoms with E-state index in [0.29, 0.717) is 45.3 Å². The highest BCUT2D eigenvalue weighted by molar-refractivity contribution is 5.83. The van der Waals surface area contributed by atoms with Gasteiger partial charge in [0.15, 0.2) is 0 Å². The van der Waals surface area contributed by atoms with Crippen molar-refractivity contribution >= 4 is 23.4 Å². The van der Waals surface area contributed by atoms with Crippen LogP contribution in [-0.2, 0) is 19.2 Å². The van der Waals surface area contributed by atoms with E-state index in [1.165, 1.54) is 0 Å². The van der Waals surface area contributed by atoms with Gasteiger partial charge in [0.2, 0.25) is 11.8 Å². The number of likely N-dealkylation sites (N-methyl/N-ethyl adjacent to an activating group) is 1. The van der Waals surface area contributed by atoms with Crippen LogP contribution < -0.4 is 16.0 Å². The average Bonchev–Trinajstić information content (AvgIpc) is 2.63. The maximum absolute atomic E-state index is 12.3. The van der Waals surface area contributed by atoms with Gasteiger partial charge in [-0.1, -0.05) is 19.8 Å². The first-order valence-electron chi connectivity index (χ1n) is 10.6. The molecule has 0 aromatic heterocycles. The molecule has 3 N–H and O–H groups in total. The highest BCUT2D eigenvalue weighted by atomic mass is 16.2. The minimum Gasteiger partial charge on any atom is -0.356 e. The minimum atomic E-state index is -0.372. The number of amides is 2. The molecule has 2 amide bonds. The summed E-state index contributed by atoms with van der Waals surface area (Å²) in [5.41, 5.74) is 0. The van der Waals surface area contributed by atoms with Gasteiger partial charge in [-0.2, -0.15) is 0 Å². The Morgan fingerprint density at radius 1 is 0.714 bits per heavy atom. The summed E-state index contributed by atoms with van der Waals surface area (Å²) in [6, 6.07) is -0.372. The molecular formula is C21H39N3O4. The lowest BCUT2D eigenvalue weighted by Gasteiger charge is -2.17. The van der Waals surface area contributed by atoms with Crippen LogP contribution in [0.2, 0.25) is 0 Å². The van der Waals surface area contributed by atoms with Crippen LogP contribution in [0.25, 0.3) is 0 Å². The molecule has 1 unspecified atom stereocenters. The van der Waals surface area contributed by atoms with Gasteiger partial charge in [-0.05, 0) is 52.5 Å². The Hall–Kier alpha value is -1.76. The number of Topliss-reactive ketones (excluding diaryl/α,β-unsaturated/α-hetero) is 2. The first-order chi connectivity index (χ1) is 13.4. The molecule has 0 spiro atoms. The number of nitrogens with one attached hydrogen (secondary N) is 3. The molecule has 7 heteroatoms. The standard InChI is InChI=1S/C21H39N3O4/c1-4-22-19(21(28)24-16-10-6-8-12-18(3)26)13-14-20(27)23-15-9-5-7-11-17(2)25/h19,22H,4-16H2,1-3H3,(H,23,27)(H,24,28). The van der Waals surface area contributed by atoms with Crippen molar-refractivity contribution in [3.05, 3.63) is 0 Å². The van der Waals surface area contributed by atoms with Crippen molar-refractivity contribution in [2.24, 2.45) is 0 Å². The number of rotatable bonds is 18. The number of unbranched alkanes of at least 4 members (excludes halogenated alkanes) is 4. The van der Waals surface area contributed by atoms with Gasteiger partial charge in [0, 0.05) is 32.4 Å². The van der Waals surface area contributed by atoms with E-state index in [2.05, 4.69) is 16.0 Å². The molecule has 0 aliphatic heterocycles. The van der Waals surface area contributed by atoms with E-state index >= 15 is 0 Å².